The van der Waals surface area contributed by atoms with Crippen LogP contribution in [0.15, 0.2) is 18.2 Å². The molecule has 2 aliphatic rings. The molecule has 0 radical (unpaired) electrons. The number of ether oxygens (including phenoxy) is 1. The van der Waals surface area contributed by atoms with Gasteiger partial charge in [-0.2, -0.15) is 4.37 Å². The summed E-state index contributed by atoms with van der Waals surface area (Å²) in [5.41, 5.74) is 2.01. The van der Waals surface area contributed by atoms with E-state index >= 15 is 4.39 Å². The first-order valence-corrected chi connectivity index (χ1v) is 10.9. The lowest BCUT2D eigenvalue weighted by Gasteiger charge is -2.36. The maximum atomic E-state index is 15.2. The van der Waals surface area contributed by atoms with Gasteiger partial charge in [-0.25, -0.2) is 9.18 Å². The number of aryl methyl sites for hydroxylation is 1. The number of aromatic nitrogens is 1. The van der Waals surface area contributed by atoms with Crippen molar-refractivity contribution in [2.24, 2.45) is 0 Å². The highest BCUT2D eigenvalue weighted by atomic mass is 32.1. The smallest absolute Gasteiger partial charge is 0.338 e. The van der Waals surface area contributed by atoms with E-state index in [0.717, 1.165) is 27.3 Å². The molecule has 3 heterocycles. The molecule has 2 aromatic rings. The Hall–Kier alpha value is -2.16. The maximum Gasteiger partial charge on any atom is 0.338 e. The Kier molecular flexibility index (Phi) is 5.74. The number of Topliss-reactive ketones (excluding diaryl/α,β-unsaturated/α-hetero) is 1. The van der Waals surface area contributed by atoms with Gasteiger partial charge in [0.1, 0.15) is 6.61 Å². The molecule has 0 amide bonds. The van der Waals surface area contributed by atoms with Crippen LogP contribution in [-0.4, -0.2) is 51.4 Å². The molecule has 1 atom stereocenters. The third kappa shape index (κ3) is 4.04. The average Bonchev–Trinajstić information content (AvgIpc) is 3.30. The van der Waals surface area contributed by atoms with Crippen LogP contribution in [0, 0.1) is 13.8 Å². The van der Waals surface area contributed by atoms with Crippen molar-refractivity contribution < 1.29 is 23.8 Å². The molecule has 6 nitrogen and oxygen atoms in total. The number of aliphatic hydroxyl groups excluding tert-OH is 1. The lowest BCUT2D eigenvalue weighted by molar-refractivity contribution is -0.133. The normalized spacial score (nSPS) is 19.4. The van der Waals surface area contributed by atoms with Crippen molar-refractivity contribution in [2.45, 2.75) is 51.5 Å². The van der Waals surface area contributed by atoms with Crippen LogP contribution in [0.2, 0.25) is 0 Å². The van der Waals surface area contributed by atoms with E-state index < -0.39 is 11.8 Å². The van der Waals surface area contributed by atoms with Gasteiger partial charge in [0.25, 0.3) is 0 Å². The van der Waals surface area contributed by atoms with Crippen molar-refractivity contribution in [2.75, 3.05) is 19.6 Å². The second-order valence-electron chi connectivity index (χ2n) is 8.20. The van der Waals surface area contributed by atoms with Gasteiger partial charge >= 0.3 is 5.97 Å². The molecule has 0 spiro atoms. The molecule has 0 unspecified atom stereocenters. The highest BCUT2D eigenvalue weighted by Gasteiger charge is 2.41. The first-order valence-electron chi connectivity index (χ1n) is 10.1. The van der Waals surface area contributed by atoms with Gasteiger partial charge in [-0.1, -0.05) is 6.07 Å². The Morgan fingerprint density at radius 2 is 2.10 bits per heavy atom. The van der Waals surface area contributed by atoms with Gasteiger partial charge in [-0.15, -0.1) is 0 Å². The summed E-state index contributed by atoms with van der Waals surface area (Å²) in [7, 11) is 0. The summed E-state index contributed by atoms with van der Waals surface area (Å²) in [5, 5.41) is 10.8. The van der Waals surface area contributed by atoms with E-state index in [4.69, 9.17) is 4.74 Å². The Morgan fingerprint density at radius 1 is 1.37 bits per heavy atom. The number of carbonyl (C=O) groups excluding carboxylic acids is 2. The number of benzene rings is 1. The van der Waals surface area contributed by atoms with Crippen LogP contribution in [0.25, 0.3) is 0 Å². The van der Waals surface area contributed by atoms with Gasteiger partial charge in [0.15, 0.2) is 11.5 Å². The molecule has 1 aromatic carbocycles. The zero-order valence-corrected chi connectivity index (χ0v) is 17.9. The average molecular weight is 433 g/mol. The first-order chi connectivity index (χ1) is 14.3. The van der Waals surface area contributed by atoms with Crippen LogP contribution < -0.4 is 0 Å². The molecule has 0 bridgehead atoms. The molecule has 0 aliphatic carbocycles. The number of piperidine rings is 1. The fraction of sp³-hybridized carbons (Fsp3) is 0.500. The standard InChI is InChI=1S/C22H25FN2O4S/c1-13-9-15(30-24-13)10-20(27)22(23)5-7-25(8-6-22)11-19(26)16-3-4-17-18(14(16)2)12-29-21(17)28/h3-4,9,19,26H,5-8,10-12H2,1-2H3/t19-/m0/s1. The third-order valence-electron chi connectivity index (χ3n) is 6.16. The summed E-state index contributed by atoms with van der Waals surface area (Å²) in [4.78, 5) is 27.0. The van der Waals surface area contributed by atoms with Crippen LogP contribution in [0.4, 0.5) is 4.39 Å². The lowest BCUT2D eigenvalue weighted by atomic mass is 9.87. The maximum absolute atomic E-state index is 15.2. The number of esters is 1. The zero-order chi connectivity index (χ0) is 21.5. The minimum Gasteiger partial charge on any atom is -0.457 e. The minimum atomic E-state index is -1.82. The summed E-state index contributed by atoms with van der Waals surface area (Å²) in [6.45, 7) is 5.14. The van der Waals surface area contributed by atoms with Crippen LogP contribution >= 0.6 is 11.5 Å². The minimum absolute atomic E-state index is 0.0831. The largest absolute Gasteiger partial charge is 0.457 e. The number of aliphatic hydroxyl groups is 1. The fourth-order valence-electron chi connectivity index (χ4n) is 4.26. The number of rotatable bonds is 6. The number of halogens is 1. The summed E-state index contributed by atoms with van der Waals surface area (Å²) in [5.74, 6) is -0.715. The Labute approximate surface area is 178 Å². The van der Waals surface area contributed by atoms with Crippen molar-refractivity contribution in [3.8, 4) is 0 Å². The molecule has 1 saturated heterocycles. The van der Waals surface area contributed by atoms with Crippen molar-refractivity contribution in [1.29, 1.82) is 0 Å². The van der Waals surface area contributed by atoms with E-state index in [9.17, 15) is 14.7 Å². The number of fused-ring (bicyclic) bond motifs is 1. The monoisotopic (exact) mass is 432 g/mol. The molecular weight excluding hydrogens is 407 g/mol. The molecule has 30 heavy (non-hydrogen) atoms. The summed E-state index contributed by atoms with van der Waals surface area (Å²) in [6.07, 6.45) is -0.419. The lowest BCUT2D eigenvalue weighted by Crippen LogP contribution is -2.47. The quantitative estimate of drug-likeness (QED) is 0.707. The Morgan fingerprint density at radius 3 is 2.77 bits per heavy atom. The van der Waals surface area contributed by atoms with E-state index in [-0.39, 0.29) is 37.6 Å². The number of hydrogen-bond acceptors (Lipinski definition) is 7. The van der Waals surface area contributed by atoms with Crippen LogP contribution in [0.5, 0.6) is 0 Å². The molecule has 1 N–H and O–H groups in total. The van der Waals surface area contributed by atoms with Gasteiger partial charge in [0, 0.05) is 49.3 Å². The number of nitrogens with zero attached hydrogens (tertiary/aromatic N) is 2. The molecule has 0 saturated carbocycles. The predicted molar refractivity (Wildman–Crippen MR) is 110 cm³/mol. The van der Waals surface area contributed by atoms with Crippen LogP contribution in [-0.2, 0) is 22.6 Å². The van der Waals surface area contributed by atoms with Crippen LogP contribution in [0.1, 0.15) is 56.6 Å². The number of hydrogen-bond donors (Lipinski definition) is 1. The van der Waals surface area contributed by atoms with Crippen LogP contribution in [0.3, 0.4) is 0 Å². The number of ketones is 1. The number of β-amino-alcohol motifs (C(OH)–C–C–N with tert-alkyl or cyclic N) is 1. The van der Waals surface area contributed by atoms with Gasteiger partial charge in [-0.05, 0) is 48.6 Å². The van der Waals surface area contributed by atoms with Crippen molar-refractivity contribution in [3.05, 3.63) is 51.0 Å². The second kappa shape index (κ2) is 8.17. The first kappa shape index (κ1) is 21.1. The molecule has 1 fully saturated rings. The number of alkyl halides is 1. The topological polar surface area (TPSA) is 79.7 Å². The molecule has 2 aliphatic heterocycles. The third-order valence-corrected chi connectivity index (χ3v) is 7.03. The predicted octanol–water partition coefficient (Wildman–Crippen LogP) is 3.08. The molecule has 160 valence electrons. The Balaban J connectivity index is 1.35. The highest BCUT2D eigenvalue weighted by Crippen LogP contribution is 2.32. The number of cyclic esters (lactones) is 1. The van der Waals surface area contributed by atoms with E-state index in [0.29, 0.717) is 25.2 Å². The van der Waals surface area contributed by atoms with E-state index in [2.05, 4.69) is 4.37 Å². The molecule has 4 rings (SSSR count). The second-order valence-corrected chi connectivity index (χ2v) is 9.09. The van der Waals surface area contributed by atoms with Crippen molar-refractivity contribution in [1.82, 2.24) is 9.27 Å². The van der Waals surface area contributed by atoms with Gasteiger partial charge in [0.2, 0.25) is 0 Å². The fourth-order valence-corrected chi connectivity index (χ4v) is 4.99. The summed E-state index contributed by atoms with van der Waals surface area (Å²) < 4.78 is 24.5. The molecular formula is C22H25FN2O4S. The zero-order valence-electron chi connectivity index (χ0n) is 17.1. The van der Waals surface area contributed by atoms with Crippen molar-refractivity contribution in [3.63, 3.8) is 0 Å². The number of likely N-dealkylation sites (tertiary alicyclic amines) is 1. The molecule has 1 aromatic heterocycles. The number of carbonyl (C=O) groups is 2. The summed E-state index contributed by atoms with van der Waals surface area (Å²) >= 11 is 1.25. The Bertz CT molecular complexity index is 982. The van der Waals surface area contributed by atoms with E-state index in [1.807, 2.05) is 24.8 Å². The SMILES string of the molecule is Cc1cc(CC(=O)C2(F)CCN(C[C@H](O)c3ccc4c(c3C)COC4=O)CC2)sn1. The molecule has 8 heteroatoms. The van der Waals surface area contributed by atoms with Gasteiger partial charge in [-0.3, -0.25) is 4.79 Å². The summed E-state index contributed by atoms with van der Waals surface area (Å²) in [6, 6.07) is 5.28. The highest BCUT2D eigenvalue weighted by molar-refractivity contribution is 7.05. The van der Waals surface area contributed by atoms with Gasteiger partial charge in [0.05, 0.1) is 17.4 Å². The van der Waals surface area contributed by atoms with E-state index in [1.165, 1.54) is 11.5 Å². The van der Waals surface area contributed by atoms with Gasteiger partial charge < -0.3 is 14.7 Å². The van der Waals surface area contributed by atoms with E-state index in [1.54, 1.807) is 12.1 Å². The van der Waals surface area contributed by atoms with Crippen molar-refractivity contribution >= 4 is 23.3 Å².